The lowest BCUT2D eigenvalue weighted by atomic mass is 9.40. The molecule has 9 N–H and O–H groups in total. The number of nitrogens with zero attached hydrogens (tertiary/aromatic N) is 1. The molecule has 0 saturated heterocycles. The molecule has 11 heteroatoms. The molecule has 1 aromatic rings. The molecule has 0 amide bonds. The van der Waals surface area contributed by atoms with Crippen molar-refractivity contribution in [1.29, 1.82) is 0 Å². The Labute approximate surface area is 313 Å². The molecular weight excluding hydrogens is 674 g/mol. The highest BCUT2D eigenvalue weighted by molar-refractivity contribution is 6.01. The van der Waals surface area contributed by atoms with Crippen molar-refractivity contribution >= 4 is 29.6 Å². The van der Waals surface area contributed by atoms with E-state index < -0.39 is 75.7 Å². The van der Waals surface area contributed by atoms with Crippen molar-refractivity contribution in [1.82, 2.24) is 0 Å². The van der Waals surface area contributed by atoms with Crippen LogP contribution in [0.1, 0.15) is 86.1 Å². The number of rotatable bonds is 11. The van der Waals surface area contributed by atoms with Gasteiger partial charge in [-0.3, -0.25) is 14.6 Å². The summed E-state index contributed by atoms with van der Waals surface area (Å²) < 4.78 is 0. The van der Waals surface area contributed by atoms with Crippen LogP contribution in [0.3, 0.4) is 0 Å². The van der Waals surface area contributed by atoms with Crippen molar-refractivity contribution in [2.24, 2.45) is 67.7 Å². The smallest absolute Gasteiger partial charge is 0.331 e. The fraction of sp³-hybridized carbons (Fsp3) is 0.619. The first-order valence-electron chi connectivity index (χ1n) is 18.9. The number of carbonyl (C=O) groups excluding carboxylic acids is 2. The summed E-state index contributed by atoms with van der Waals surface area (Å²) in [6, 6.07) is 9.72. The molecule has 53 heavy (non-hydrogen) atoms. The number of fused-ring (bicyclic) bond motifs is 4. The molecule has 0 aromatic heterocycles. The Bertz CT molecular complexity index is 1730. The molecule has 0 heterocycles. The van der Waals surface area contributed by atoms with Crippen LogP contribution in [-0.4, -0.2) is 80.0 Å². The third-order valence-corrected chi connectivity index (χ3v) is 14.2. The third-order valence-electron chi connectivity index (χ3n) is 14.2. The fourth-order valence-electron chi connectivity index (χ4n) is 11.4. The molecule has 0 bridgehead atoms. The molecule has 11 nitrogen and oxygen atoms in total. The molecule has 2 saturated carbocycles. The van der Waals surface area contributed by atoms with Crippen LogP contribution in [0, 0.1) is 51.2 Å². The number of guanidine groups is 1. The first-order valence-corrected chi connectivity index (χ1v) is 18.9. The molecule has 4 aliphatic rings. The van der Waals surface area contributed by atoms with Crippen molar-refractivity contribution in [2.75, 3.05) is 6.54 Å². The van der Waals surface area contributed by atoms with Crippen molar-refractivity contribution in [3.05, 3.63) is 64.8 Å². The first kappa shape index (κ1) is 40.5. The van der Waals surface area contributed by atoms with E-state index in [1.807, 2.05) is 77.1 Å². The Morgan fingerprint density at radius 1 is 1.04 bits per heavy atom. The Morgan fingerprint density at radius 2 is 1.68 bits per heavy atom. The Kier molecular flexibility index (Phi) is 11.1. The van der Waals surface area contributed by atoms with Crippen molar-refractivity contribution in [3.63, 3.8) is 0 Å². The maximum atomic E-state index is 14.9. The standard InChI is InChI=1S/C42H59N3O8/c1-22(46)17-25(37(52)53)18-29(47)27(21-45-38(43)44)23(2)28-19-32(50)42(7)34-33(30(48)20-41(28,42)6)40(5)16-15-31(49)39(3,4)36(40)26(35(34)51)14-13-24-11-9-8-10-12-24/h8-14,18,22-23,26-29,32,35-36,46-47,50-51H,15-17,19-21H2,1-7H3,(H,52,53)(H4,43,44,45). The number of aliphatic carboxylic acids is 1. The minimum atomic E-state index is -1.34. The third kappa shape index (κ3) is 6.72. The maximum Gasteiger partial charge on any atom is 0.331 e. The van der Waals surface area contributed by atoms with Crippen LogP contribution < -0.4 is 11.5 Å². The SMILES string of the molecule is CC(O)CC(=CC(O)C(CN=C(N)N)C(C)C1CC(O)C2(C)C3=C(C(=O)CC12C)C1(C)CCC(=O)C(C)(C)C1C(C=Cc1ccccc1)C3O)C(=O)O. The number of benzene rings is 1. The summed E-state index contributed by atoms with van der Waals surface area (Å²) >= 11 is 0. The molecule has 290 valence electrons. The van der Waals surface area contributed by atoms with Gasteiger partial charge in [0.1, 0.15) is 5.78 Å². The predicted molar refractivity (Wildman–Crippen MR) is 203 cm³/mol. The van der Waals surface area contributed by atoms with Crippen molar-refractivity contribution in [2.45, 2.75) is 105 Å². The molecular formula is C42H59N3O8. The topological polar surface area (TPSA) is 217 Å². The summed E-state index contributed by atoms with van der Waals surface area (Å²) in [6.07, 6.45) is 1.61. The number of ketones is 2. The molecule has 0 spiro atoms. The molecule has 5 rings (SSSR count). The highest BCUT2D eigenvalue weighted by Crippen LogP contribution is 2.72. The lowest BCUT2D eigenvalue weighted by molar-refractivity contribution is -0.151. The van der Waals surface area contributed by atoms with E-state index in [1.165, 1.54) is 13.0 Å². The second-order valence-electron chi connectivity index (χ2n) is 17.5. The number of aliphatic imine (C=N–C) groups is 1. The lowest BCUT2D eigenvalue weighted by Gasteiger charge is -2.63. The van der Waals surface area contributed by atoms with Crippen LogP contribution in [0.25, 0.3) is 6.08 Å². The van der Waals surface area contributed by atoms with Gasteiger partial charge in [0.05, 0.1) is 24.4 Å². The number of aliphatic hydroxyl groups excluding tert-OH is 4. The number of carboxylic acid groups (broad SMARTS) is 1. The van der Waals surface area contributed by atoms with Gasteiger partial charge in [0.15, 0.2) is 11.7 Å². The molecule has 2 fully saturated rings. The van der Waals surface area contributed by atoms with E-state index in [2.05, 4.69) is 11.9 Å². The lowest BCUT2D eigenvalue weighted by Crippen LogP contribution is -2.63. The summed E-state index contributed by atoms with van der Waals surface area (Å²) in [6.45, 7) is 13.1. The maximum absolute atomic E-state index is 14.9. The van der Waals surface area contributed by atoms with Crippen molar-refractivity contribution in [3.8, 4) is 0 Å². The van der Waals surface area contributed by atoms with Gasteiger partial charge in [0, 0.05) is 65.0 Å². The molecule has 0 aliphatic heterocycles. The van der Waals surface area contributed by atoms with Gasteiger partial charge < -0.3 is 37.0 Å². The average Bonchev–Trinajstić information content (AvgIpc) is 3.27. The first-order chi connectivity index (χ1) is 24.6. The second-order valence-corrected chi connectivity index (χ2v) is 17.5. The van der Waals surface area contributed by atoms with Gasteiger partial charge in [-0.1, -0.05) is 84.0 Å². The fourth-order valence-corrected chi connectivity index (χ4v) is 11.4. The van der Waals surface area contributed by atoms with Gasteiger partial charge in [-0.05, 0) is 60.1 Å². The Morgan fingerprint density at radius 3 is 2.26 bits per heavy atom. The molecule has 1 aromatic carbocycles. The van der Waals surface area contributed by atoms with E-state index in [0.29, 0.717) is 24.0 Å². The van der Waals surface area contributed by atoms with Crippen LogP contribution in [0.5, 0.6) is 0 Å². The zero-order chi connectivity index (χ0) is 39.4. The van der Waals surface area contributed by atoms with Gasteiger partial charge in [-0.15, -0.1) is 0 Å². The van der Waals surface area contributed by atoms with E-state index >= 15 is 0 Å². The Hall–Kier alpha value is -3.64. The van der Waals surface area contributed by atoms with E-state index in [1.54, 1.807) is 0 Å². The van der Waals surface area contributed by atoms with Gasteiger partial charge in [0.25, 0.3) is 0 Å². The Balaban J connectivity index is 1.65. The summed E-state index contributed by atoms with van der Waals surface area (Å²) in [5.41, 5.74) is 9.72. The number of aliphatic hydroxyl groups is 4. The molecule has 12 atom stereocenters. The highest BCUT2D eigenvalue weighted by atomic mass is 16.4. The van der Waals surface area contributed by atoms with E-state index in [0.717, 1.165) is 5.56 Å². The van der Waals surface area contributed by atoms with Gasteiger partial charge >= 0.3 is 5.97 Å². The van der Waals surface area contributed by atoms with Crippen LogP contribution in [0.4, 0.5) is 0 Å². The minimum absolute atomic E-state index is 0.0537. The number of nitrogens with two attached hydrogens (primary N) is 2. The van der Waals surface area contributed by atoms with Gasteiger partial charge in [-0.2, -0.15) is 0 Å². The minimum Gasteiger partial charge on any atom is -0.478 e. The monoisotopic (exact) mass is 733 g/mol. The molecule has 12 unspecified atom stereocenters. The van der Waals surface area contributed by atoms with Crippen LogP contribution in [0.15, 0.2) is 64.2 Å². The quantitative estimate of drug-likeness (QED) is 0.0984. The van der Waals surface area contributed by atoms with E-state index in [9.17, 15) is 39.9 Å². The zero-order valence-electron chi connectivity index (χ0n) is 32.1. The summed E-state index contributed by atoms with van der Waals surface area (Å²) in [4.78, 5) is 44.7. The van der Waals surface area contributed by atoms with Gasteiger partial charge in [0.2, 0.25) is 0 Å². The largest absolute Gasteiger partial charge is 0.478 e. The average molecular weight is 734 g/mol. The van der Waals surface area contributed by atoms with E-state index in [-0.39, 0.29) is 54.8 Å². The number of carboxylic acids is 1. The number of hydrogen-bond donors (Lipinski definition) is 7. The van der Waals surface area contributed by atoms with Crippen LogP contribution in [0.2, 0.25) is 0 Å². The van der Waals surface area contributed by atoms with E-state index in [4.69, 9.17) is 11.5 Å². The predicted octanol–water partition coefficient (Wildman–Crippen LogP) is 4.03. The number of allylic oxidation sites excluding steroid dienone is 1. The summed E-state index contributed by atoms with van der Waals surface area (Å²) in [5.74, 6) is -3.99. The highest BCUT2D eigenvalue weighted by Gasteiger charge is 2.71. The normalized spacial score (nSPS) is 36.3. The molecule has 0 radical (unpaired) electrons. The van der Waals surface area contributed by atoms with Crippen molar-refractivity contribution < 1.29 is 39.9 Å². The summed E-state index contributed by atoms with van der Waals surface area (Å²) in [7, 11) is 0. The van der Waals surface area contributed by atoms with Crippen LogP contribution >= 0.6 is 0 Å². The van der Waals surface area contributed by atoms with Gasteiger partial charge in [-0.25, -0.2) is 4.79 Å². The number of carbonyl (C=O) groups is 3. The second kappa shape index (κ2) is 14.5. The zero-order valence-corrected chi connectivity index (χ0v) is 32.1. The van der Waals surface area contributed by atoms with Crippen LogP contribution in [-0.2, 0) is 14.4 Å². The number of Topliss-reactive ketones (excluding diaryl/α,β-unsaturated/α-hetero) is 2. The molecule has 4 aliphatic carbocycles. The number of hydrogen-bond acceptors (Lipinski definition) is 8. The summed E-state index contributed by atoms with van der Waals surface area (Å²) in [5, 5.41) is 56.4.